The highest BCUT2D eigenvalue weighted by atomic mass is 32.2. The molecule has 3 aromatic carbocycles. The third-order valence-electron chi connectivity index (χ3n) is 5.81. The Morgan fingerprint density at radius 2 is 1.55 bits per heavy atom. The molecule has 6 nitrogen and oxygen atoms in total. The minimum Gasteiger partial charge on any atom is -0.382 e. The van der Waals surface area contributed by atoms with Crippen LogP contribution in [0.4, 0.5) is 10.2 Å². The van der Waals surface area contributed by atoms with Gasteiger partial charge in [-0.15, -0.1) is 0 Å². The molecule has 0 spiro atoms. The van der Waals surface area contributed by atoms with Gasteiger partial charge >= 0.3 is 0 Å². The Labute approximate surface area is 191 Å². The molecule has 166 valence electrons. The molecule has 0 saturated carbocycles. The fourth-order valence-electron chi connectivity index (χ4n) is 4.30. The molecule has 0 atom stereocenters. The van der Waals surface area contributed by atoms with E-state index in [2.05, 4.69) is 14.7 Å². The van der Waals surface area contributed by atoms with Crippen LogP contribution in [-0.4, -0.2) is 24.4 Å². The van der Waals surface area contributed by atoms with Gasteiger partial charge in [-0.05, 0) is 47.7 Å². The molecule has 0 amide bonds. The first kappa shape index (κ1) is 21.2. The van der Waals surface area contributed by atoms with Crippen LogP contribution in [-0.2, 0) is 22.9 Å². The molecule has 4 aromatic rings. The fourth-order valence-corrected chi connectivity index (χ4v) is 5.76. The van der Waals surface area contributed by atoms with E-state index in [0.29, 0.717) is 24.0 Å². The van der Waals surface area contributed by atoms with E-state index in [0.717, 1.165) is 11.1 Å². The number of nitrogen functional groups attached to an aromatic ring is 1. The molecule has 1 aromatic heterocycles. The second kappa shape index (κ2) is 8.38. The van der Waals surface area contributed by atoms with Gasteiger partial charge in [0.15, 0.2) is 0 Å². The molecule has 0 radical (unpaired) electrons. The van der Waals surface area contributed by atoms with Crippen molar-refractivity contribution in [3.05, 3.63) is 96.1 Å². The smallest absolute Gasteiger partial charge is 0.241 e. The summed E-state index contributed by atoms with van der Waals surface area (Å²) in [6.45, 7) is 0. The Balaban J connectivity index is 1.47. The average molecular weight is 461 g/mol. The molecule has 0 unspecified atom stereocenters. The maximum atomic E-state index is 15.0. The summed E-state index contributed by atoms with van der Waals surface area (Å²) in [5.74, 6) is -0.444. The number of aromatic nitrogens is 2. The van der Waals surface area contributed by atoms with Crippen molar-refractivity contribution in [2.75, 3.05) is 5.73 Å². The Bertz CT molecular complexity index is 1430. The lowest BCUT2D eigenvalue weighted by Crippen LogP contribution is -2.35. The Hall–Kier alpha value is -3.62. The van der Waals surface area contributed by atoms with Gasteiger partial charge in [0.25, 0.3) is 0 Å². The summed E-state index contributed by atoms with van der Waals surface area (Å²) >= 11 is 0. The molecule has 1 aliphatic carbocycles. The van der Waals surface area contributed by atoms with E-state index in [1.54, 1.807) is 24.3 Å². The van der Waals surface area contributed by atoms with Gasteiger partial charge in [-0.1, -0.05) is 48.5 Å². The molecule has 33 heavy (non-hydrogen) atoms. The Morgan fingerprint density at radius 3 is 2.24 bits per heavy atom. The van der Waals surface area contributed by atoms with Crippen LogP contribution in [0.25, 0.3) is 22.4 Å². The molecule has 8 heteroatoms. The highest BCUT2D eigenvalue weighted by Crippen LogP contribution is 2.33. The Kier molecular flexibility index (Phi) is 5.39. The predicted octanol–water partition coefficient (Wildman–Crippen LogP) is 3.98. The molecule has 0 fully saturated rings. The van der Waals surface area contributed by atoms with Crippen LogP contribution in [0.15, 0.2) is 84.0 Å². The molecular weight excluding hydrogens is 439 g/mol. The molecular formula is C25H21FN4O2S. The van der Waals surface area contributed by atoms with E-state index in [4.69, 9.17) is 5.73 Å². The maximum absolute atomic E-state index is 15.0. The van der Waals surface area contributed by atoms with E-state index < -0.39 is 15.8 Å². The van der Waals surface area contributed by atoms with Crippen LogP contribution in [0.3, 0.4) is 0 Å². The Morgan fingerprint density at radius 1 is 0.879 bits per heavy atom. The van der Waals surface area contributed by atoms with Crippen LogP contribution in [0, 0.1) is 5.82 Å². The monoisotopic (exact) mass is 460 g/mol. The largest absolute Gasteiger partial charge is 0.382 e. The van der Waals surface area contributed by atoms with Gasteiger partial charge in [0.05, 0.1) is 4.90 Å². The van der Waals surface area contributed by atoms with Crippen molar-refractivity contribution >= 4 is 15.8 Å². The predicted molar refractivity (Wildman–Crippen MR) is 125 cm³/mol. The summed E-state index contributed by atoms with van der Waals surface area (Å²) in [5, 5.41) is 0. The van der Waals surface area contributed by atoms with Gasteiger partial charge in [-0.25, -0.2) is 22.5 Å². The van der Waals surface area contributed by atoms with Gasteiger partial charge < -0.3 is 5.73 Å². The summed E-state index contributed by atoms with van der Waals surface area (Å²) in [6, 6.07) is 18.8. The lowest BCUT2D eigenvalue weighted by Gasteiger charge is -2.16. The molecule has 0 bridgehead atoms. The normalized spacial score (nSPS) is 13.7. The van der Waals surface area contributed by atoms with Crippen LogP contribution in [0.5, 0.6) is 0 Å². The third kappa shape index (κ3) is 4.10. The van der Waals surface area contributed by atoms with E-state index in [9.17, 15) is 8.42 Å². The molecule has 5 rings (SSSR count). The van der Waals surface area contributed by atoms with E-state index in [1.807, 2.05) is 24.3 Å². The summed E-state index contributed by atoms with van der Waals surface area (Å²) in [5.41, 5.74) is 9.43. The van der Waals surface area contributed by atoms with Crippen molar-refractivity contribution in [3.8, 4) is 22.4 Å². The first-order chi connectivity index (χ1) is 15.9. The van der Waals surface area contributed by atoms with Crippen molar-refractivity contribution in [3.63, 3.8) is 0 Å². The lowest BCUT2D eigenvalue weighted by molar-refractivity contribution is 0.556. The van der Waals surface area contributed by atoms with Crippen LogP contribution < -0.4 is 10.5 Å². The number of anilines is 1. The van der Waals surface area contributed by atoms with Gasteiger partial charge in [-0.3, -0.25) is 4.98 Å². The molecule has 0 saturated heterocycles. The number of nitrogens with one attached hydrogen (secondary N) is 1. The molecule has 1 aliphatic rings. The number of halogens is 1. The zero-order valence-electron chi connectivity index (χ0n) is 17.6. The van der Waals surface area contributed by atoms with E-state index in [-0.39, 0.29) is 28.0 Å². The van der Waals surface area contributed by atoms with Crippen molar-refractivity contribution in [2.24, 2.45) is 0 Å². The van der Waals surface area contributed by atoms with E-state index in [1.165, 1.54) is 30.6 Å². The van der Waals surface area contributed by atoms with Crippen LogP contribution in [0.1, 0.15) is 11.1 Å². The van der Waals surface area contributed by atoms with Crippen molar-refractivity contribution in [1.29, 1.82) is 0 Å². The van der Waals surface area contributed by atoms with Crippen molar-refractivity contribution < 1.29 is 12.8 Å². The summed E-state index contributed by atoms with van der Waals surface area (Å²) in [6.07, 6.45) is 4.15. The molecule has 1 heterocycles. The third-order valence-corrected chi connectivity index (χ3v) is 7.39. The van der Waals surface area contributed by atoms with Crippen LogP contribution >= 0.6 is 0 Å². The first-order valence-corrected chi connectivity index (χ1v) is 12.0. The zero-order valence-corrected chi connectivity index (χ0v) is 18.4. The second-order valence-electron chi connectivity index (χ2n) is 7.98. The van der Waals surface area contributed by atoms with Crippen molar-refractivity contribution in [2.45, 2.75) is 23.8 Å². The number of rotatable bonds is 5. The number of nitrogens with zero attached hydrogens (tertiary/aromatic N) is 2. The average Bonchev–Trinajstić information content (AvgIpc) is 3.21. The second-order valence-corrected chi connectivity index (χ2v) is 9.66. The van der Waals surface area contributed by atoms with E-state index >= 15 is 4.39 Å². The number of nitrogens with two attached hydrogens (primary N) is 1. The minimum absolute atomic E-state index is 0.104. The minimum atomic E-state index is -3.84. The highest BCUT2D eigenvalue weighted by Gasteiger charge is 2.28. The highest BCUT2D eigenvalue weighted by molar-refractivity contribution is 7.89. The lowest BCUT2D eigenvalue weighted by atomic mass is 10.0. The number of sulfonamides is 1. The summed E-state index contributed by atoms with van der Waals surface area (Å²) in [4.78, 5) is 8.16. The first-order valence-electron chi connectivity index (χ1n) is 10.5. The van der Waals surface area contributed by atoms with Crippen molar-refractivity contribution in [1.82, 2.24) is 14.7 Å². The quantitative estimate of drug-likeness (QED) is 0.470. The van der Waals surface area contributed by atoms with Gasteiger partial charge in [-0.2, -0.15) is 0 Å². The fraction of sp³-hybridized carbons (Fsp3) is 0.120. The number of benzene rings is 3. The SMILES string of the molecule is Nc1nccnc1-c1ccc(-c2ccccc2S(=O)(=O)NC2Cc3ccccc3C2)cc1F. The summed E-state index contributed by atoms with van der Waals surface area (Å²) in [7, 11) is -3.84. The van der Waals surface area contributed by atoms with Gasteiger partial charge in [0.2, 0.25) is 10.0 Å². The summed E-state index contributed by atoms with van der Waals surface area (Å²) < 4.78 is 44.5. The number of fused-ring (bicyclic) bond motifs is 1. The molecule has 3 N–H and O–H groups in total. The maximum Gasteiger partial charge on any atom is 0.241 e. The van der Waals surface area contributed by atoms with Crippen LogP contribution in [0.2, 0.25) is 0 Å². The topological polar surface area (TPSA) is 98.0 Å². The number of hydrogen-bond donors (Lipinski definition) is 2. The number of hydrogen-bond acceptors (Lipinski definition) is 5. The van der Waals surface area contributed by atoms with Gasteiger partial charge in [0.1, 0.15) is 17.3 Å². The van der Waals surface area contributed by atoms with Gasteiger partial charge in [0, 0.05) is 29.6 Å². The molecule has 0 aliphatic heterocycles. The standard InChI is InChI=1S/C25H21FN4O2S/c26-22-15-18(9-10-21(22)24-25(27)29-12-11-28-24)20-7-3-4-8-23(20)33(31,32)30-19-13-16-5-1-2-6-17(16)14-19/h1-12,15,19,30H,13-14H2,(H2,27,29). The zero-order chi connectivity index (χ0) is 23.0.